The first kappa shape index (κ1) is 24.3. The summed E-state index contributed by atoms with van der Waals surface area (Å²) >= 11 is 1.33. The molecule has 0 saturated carbocycles. The van der Waals surface area contributed by atoms with Gasteiger partial charge in [-0.3, -0.25) is 9.59 Å². The van der Waals surface area contributed by atoms with Gasteiger partial charge >= 0.3 is 0 Å². The summed E-state index contributed by atoms with van der Waals surface area (Å²) < 4.78 is 11.1. The minimum atomic E-state index is -0.444. The first-order valence-corrected chi connectivity index (χ1v) is 12.3. The van der Waals surface area contributed by atoms with Crippen molar-refractivity contribution in [3.63, 3.8) is 0 Å². The van der Waals surface area contributed by atoms with Crippen molar-refractivity contribution in [2.45, 2.75) is 26.0 Å². The van der Waals surface area contributed by atoms with E-state index in [9.17, 15) is 9.59 Å². The highest BCUT2D eigenvalue weighted by Crippen LogP contribution is 2.23. The summed E-state index contributed by atoms with van der Waals surface area (Å²) in [7, 11) is 1.59. The van der Waals surface area contributed by atoms with Crippen LogP contribution in [0.5, 0.6) is 5.75 Å². The quantitative estimate of drug-likeness (QED) is 0.402. The molecule has 4 rings (SSSR count). The molecular weight excluding hydrogens is 456 g/mol. The SMILES string of the molecule is COc1cccc(CNC(=O)c2nc3scc(COCC4CCN(CCO)CC4)c3c(=O)[nH]2)c1. The van der Waals surface area contributed by atoms with Gasteiger partial charge in [0.15, 0.2) is 0 Å². The van der Waals surface area contributed by atoms with Crippen LogP contribution >= 0.6 is 11.3 Å². The topological polar surface area (TPSA) is 117 Å². The molecule has 1 fully saturated rings. The molecule has 1 aliphatic rings. The Morgan fingerprint density at radius 3 is 2.94 bits per heavy atom. The number of carbonyl (C=O) groups excluding carboxylic acids is 1. The number of piperidine rings is 1. The average molecular weight is 487 g/mol. The van der Waals surface area contributed by atoms with Crippen LogP contribution in [0.2, 0.25) is 0 Å². The standard InChI is InChI=1S/C24H30N4O5S/c1-32-19-4-2-3-17(11-19)12-25-23(31)21-26-22(30)20-18(15-34-24(20)27-21)14-33-13-16-5-7-28(8-6-16)9-10-29/h2-4,11,15-16,29H,5-10,12-14H2,1H3,(H,25,31)(H,26,27,30). The number of aromatic nitrogens is 2. The fourth-order valence-electron chi connectivity index (χ4n) is 4.12. The number of hydrogen-bond acceptors (Lipinski definition) is 8. The van der Waals surface area contributed by atoms with Crippen LogP contribution in [-0.2, 0) is 17.9 Å². The Hall–Kier alpha value is -2.79. The van der Waals surface area contributed by atoms with Crippen LogP contribution in [-0.4, -0.2) is 65.8 Å². The molecule has 0 unspecified atom stereocenters. The number of ether oxygens (including phenoxy) is 2. The number of nitrogens with one attached hydrogen (secondary N) is 2. The highest BCUT2D eigenvalue weighted by molar-refractivity contribution is 7.16. The van der Waals surface area contributed by atoms with E-state index in [0.717, 1.165) is 43.6 Å². The number of H-pyrrole nitrogens is 1. The summed E-state index contributed by atoms with van der Waals surface area (Å²) in [6, 6.07) is 7.40. The van der Waals surface area contributed by atoms with Crippen LogP contribution in [0.4, 0.5) is 0 Å². The van der Waals surface area contributed by atoms with Crippen LogP contribution < -0.4 is 15.6 Å². The Kier molecular flexibility index (Phi) is 8.28. The number of thiophene rings is 1. The summed E-state index contributed by atoms with van der Waals surface area (Å²) in [4.78, 5) is 35.1. The minimum absolute atomic E-state index is 0.00986. The van der Waals surface area contributed by atoms with E-state index in [1.54, 1.807) is 7.11 Å². The van der Waals surface area contributed by atoms with Crippen molar-refractivity contribution in [2.24, 2.45) is 5.92 Å². The Morgan fingerprint density at radius 1 is 1.35 bits per heavy atom. The van der Waals surface area contributed by atoms with Crippen molar-refractivity contribution in [1.29, 1.82) is 0 Å². The van der Waals surface area contributed by atoms with Gasteiger partial charge in [-0.1, -0.05) is 12.1 Å². The molecule has 0 atom stereocenters. The van der Waals surface area contributed by atoms with Crippen molar-refractivity contribution in [3.8, 4) is 5.75 Å². The summed E-state index contributed by atoms with van der Waals surface area (Å²) in [6.45, 7) is 4.14. The van der Waals surface area contributed by atoms with Gasteiger partial charge in [-0.25, -0.2) is 4.98 Å². The molecule has 9 nitrogen and oxygen atoms in total. The molecule has 34 heavy (non-hydrogen) atoms. The number of fused-ring (bicyclic) bond motifs is 1. The third kappa shape index (κ3) is 6.01. The van der Waals surface area contributed by atoms with Gasteiger partial charge in [0.1, 0.15) is 10.6 Å². The third-order valence-electron chi connectivity index (χ3n) is 6.06. The fraction of sp³-hybridized carbons (Fsp3) is 0.458. The van der Waals surface area contributed by atoms with Crippen LogP contribution in [0.3, 0.4) is 0 Å². The smallest absolute Gasteiger partial charge is 0.287 e. The van der Waals surface area contributed by atoms with Crippen LogP contribution in [0, 0.1) is 5.92 Å². The molecule has 10 heteroatoms. The molecule has 0 aliphatic carbocycles. The highest BCUT2D eigenvalue weighted by Gasteiger charge is 2.20. The molecule has 2 aromatic heterocycles. The lowest BCUT2D eigenvalue weighted by atomic mass is 9.98. The van der Waals surface area contributed by atoms with Crippen molar-refractivity contribution in [2.75, 3.05) is 40.0 Å². The number of rotatable bonds is 10. The Balaban J connectivity index is 1.33. The van der Waals surface area contributed by atoms with Gasteiger partial charge in [-0.05, 0) is 54.9 Å². The van der Waals surface area contributed by atoms with E-state index in [1.165, 1.54) is 11.3 Å². The zero-order valence-electron chi connectivity index (χ0n) is 19.2. The maximum Gasteiger partial charge on any atom is 0.287 e. The molecule has 3 N–H and O–H groups in total. The maximum atomic E-state index is 12.7. The molecule has 0 bridgehead atoms. The van der Waals surface area contributed by atoms with Crippen LogP contribution in [0.15, 0.2) is 34.4 Å². The second-order valence-electron chi connectivity index (χ2n) is 8.41. The number of aromatic amines is 1. The minimum Gasteiger partial charge on any atom is -0.497 e. The second kappa shape index (κ2) is 11.6. The largest absolute Gasteiger partial charge is 0.497 e. The predicted molar refractivity (Wildman–Crippen MR) is 130 cm³/mol. The van der Waals surface area contributed by atoms with Gasteiger partial charge < -0.3 is 29.8 Å². The predicted octanol–water partition coefficient (Wildman–Crippen LogP) is 2.14. The Labute approximate surface area is 201 Å². The molecule has 0 radical (unpaired) electrons. The van der Waals surface area contributed by atoms with Gasteiger partial charge in [0.05, 0.1) is 25.7 Å². The third-order valence-corrected chi connectivity index (χ3v) is 6.98. The number of likely N-dealkylation sites (tertiary alicyclic amines) is 1. The summed E-state index contributed by atoms with van der Waals surface area (Å²) in [5.74, 6) is 0.737. The zero-order chi connectivity index (χ0) is 23.9. The number of aliphatic hydroxyl groups is 1. The molecule has 182 valence electrons. The number of amides is 1. The molecule has 1 saturated heterocycles. The average Bonchev–Trinajstić information content (AvgIpc) is 3.27. The van der Waals surface area contributed by atoms with Gasteiger partial charge in [0, 0.05) is 25.3 Å². The van der Waals surface area contributed by atoms with E-state index in [2.05, 4.69) is 20.2 Å². The molecule has 1 aliphatic heterocycles. The Morgan fingerprint density at radius 2 is 2.18 bits per heavy atom. The normalized spacial score (nSPS) is 15.0. The van der Waals surface area contributed by atoms with E-state index in [0.29, 0.717) is 41.6 Å². The number of nitrogens with zero attached hydrogens (tertiary/aromatic N) is 2. The van der Waals surface area contributed by atoms with Crippen molar-refractivity contribution in [3.05, 3.63) is 57.0 Å². The lowest BCUT2D eigenvalue weighted by Gasteiger charge is -2.31. The molecule has 0 spiro atoms. The summed E-state index contributed by atoms with van der Waals surface area (Å²) in [5.41, 5.74) is 1.33. The molecular formula is C24H30N4O5S. The van der Waals surface area contributed by atoms with E-state index >= 15 is 0 Å². The molecule has 3 heterocycles. The number of methoxy groups -OCH3 is 1. The Bertz CT molecular complexity index is 1170. The van der Waals surface area contributed by atoms with E-state index < -0.39 is 5.91 Å². The van der Waals surface area contributed by atoms with Gasteiger partial charge in [0.2, 0.25) is 5.82 Å². The van der Waals surface area contributed by atoms with Gasteiger partial charge in [0.25, 0.3) is 11.5 Å². The fourth-order valence-corrected chi connectivity index (χ4v) is 5.05. The summed E-state index contributed by atoms with van der Waals surface area (Å²) in [6.07, 6.45) is 2.08. The molecule has 1 amide bonds. The van der Waals surface area contributed by atoms with Gasteiger partial charge in [-0.15, -0.1) is 11.3 Å². The van der Waals surface area contributed by atoms with Crippen LogP contribution in [0.1, 0.15) is 34.6 Å². The number of carbonyl (C=O) groups is 1. The van der Waals surface area contributed by atoms with Crippen molar-refractivity contribution >= 4 is 27.5 Å². The lowest BCUT2D eigenvalue weighted by Crippen LogP contribution is -2.36. The van der Waals surface area contributed by atoms with Crippen LogP contribution in [0.25, 0.3) is 10.2 Å². The molecule has 1 aromatic carbocycles. The van der Waals surface area contributed by atoms with E-state index in [-0.39, 0.29) is 18.0 Å². The van der Waals surface area contributed by atoms with Crippen molar-refractivity contribution < 1.29 is 19.4 Å². The lowest BCUT2D eigenvalue weighted by molar-refractivity contribution is 0.0547. The monoisotopic (exact) mass is 486 g/mol. The first-order chi connectivity index (χ1) is 16.6. The number of aliphatic hydroxyl groups excluding tert-OH is 1. The highest BCUT2D eigenvalue weighted by atomic mass is 32.1. The second-order valence-corrected chi connectivity index (χ2v) is 9.27. The maximum absolute atomic E-state index is 12.7. The van der Waals surface area contributed by atoms with E-state index in [1.807, 2.05) is 29.6 Å². The molecule has 3 aromatic rings. The first-order valence-electron chi connectivity index (χ1n) is 11.4. The van der Waals surface area contributed by atoms with Crippen molar-refractivity contribution in [1.82, 2.24) is 20.2 Å². The van der Waals surface area contributed by atoms with E-state index in [4.69, 9.17) is 14.6 Å². The zero-order valence-corrected chi connectivity index (χ0v) is 20.0. The number of hydrogen-bond donors (Lipinski definition) is 3. The number of benzene rings is 1. The van der Waals surface area contributed by atoms with Gasteiger partial charge in [-0.2, -0.15) is 0 Å². The summed E-state index contributed by atoms with van der Waals surface area (Å²) in [5, 5.41) is 14.2. The number of β-amino-alcohol motifs (C(OH)–C–C–N with tert-alkyl or cyclic N) is 1.